The summed E-state index contributed by atoms with van der Waals surface area (Å²) in [5.74, 6) is 0.239. The van der Waals surface area contributed by atoms with Crippen molar-refractivity contribution in [1.82, 2.24) is 20.3 Å². The smallest absolute Gasteiger partial charge is 0.240 e. The van der Waals surface area contributed by atoms with Gasteiger partial charge in [-0.15, -0.1) is 0 Å². The van der Waals surface area contributed by atoms with Gasteiger partial charge in [0, 0.05) is 54.9 Å². The van der Waals surface area contributed by atoms with Gasteiger partial charge in [-0.1, -0.05) is 82.7 Å². The van der Waals surface area contributed by atoms with Crippen LogP contribution in [0.1, 0.15) is 92.9 Å². The van der Waals surface area contributed by atoms with Crippen LogP contribution in [0.25, 0.3) is 0 Å². The van der Waals surface area contributed by atoms with Crippen molar-refractivity contribution in [2.75, 3.05) is 33.7 Å². The van der Waals surface area contributed by atoms with Gasteiger partial charge in [-0.05, 0) is 118 Å². The monoisotopic (exact) mass is 723 g/mol. The van der Waals surface area contributed by atoms with E-state index in [0.29, 0.717) is 23.7 Å². The summed E-state index contributed by atoms with van der Waals surface area (Å²) >= 11 is 6.61. The van der Waals surface area contributed by atoms with E-state index in [1.54, 1.807) is 12.2 Å². The lowest BCUT2D eigenvalue weighted by Crippen LogP contribution is -2.29. The van der Waals surface area contributed by atoms with Crippen LogP contribution in [0, 0.1) is 11.3 Å². The lowest BCUT2D eigenvalue weighted by Gasteiger charge is -2.31. The largest absolute Gasteiger partial charge is 0.378 e. The molecule has 50 heavy (non-hydrogen) atoms. The third kappa shape index (κ3) is 13.0. The van der Waals surface area contributed by atoms with E-state index in [9.17, 15) is 8.42 Å². The highest BCUT2D eigenvalue weighted by molar-refractivity contribution is 7.93. The number of aliphatic imine (C=N–C) groups is 1. The highest BCUT2D eigenvalue weighted by Crippen LogP contribution is 2.34. The Morgan fingerprint density at radius 1 is 1.16 bits per heavy atom. The van der Waals surface area contributed by atoms with Gasteiger partial charge in [-0.25, -0.2) is 13.1 Å². The molecule has 0 aliphatic heterocycles. The molecular weight excluding hydrogens is 662 g/mol. The summed E-state index contributed by atoms with van der Waals surface area (Å²) in [6.07, 6.45) is 25.5. The Hall–Kier alpha value is -2.91. The minimum atomic E-state index is -3.72. The van der Waals surface area contributed by atoms with Gasteiger partial charge < -0.3 is 15.5 Å². The Labute approximate surface area is 308 Å². The number of likely N-dealkylation sites (N-methyl/N-ethyl adjacent to an activating group) is 1. The van der Waals surface area contributed by atoms with E-state index in [4.69, 9.17) is 16.6 Å². The molecule has 3 rings (SSSR count). The first-order valence-corrected chi connectivity index (χ1v) is 20.1. The molecule has 0 heterocycles. The molecule has 0 aromatic carbocycles. The van der Waals surface area contributed by atoms with Gasteiger partial charge in [0.15, 0.2) is 0 Å². The van der Waals surface area contributed by atoms with Gasteiger partial charge in [0.2, 0.25) is 10.0 Å². The first-order chi connectivity index (χ1) is 23.6. The molecule has 3 aliphatic carbocycles. The fourth-order valence-electron chi connectivity index (χ4n) is 6.28. The van der Waals surface area contributed by atoms with Crippen molar-refractivity contribution in [3.63, 3.8) is 0 Å². The van der Waals surface area contributed by atoms with Gasteiger partial charge in [0.05, 0.1) is 10.9 Å². The van der Waals surface area contributed by atoms with E-state index in [2.05, 4.69) is 119 Å². The predicted octanol–water partition coefficient (Wildman–Crippen LogP) is 8.96. The van der Waals surface area contributed by atoms with E-state index < -0.39 is 10.0 Å². The molecule has 3 aliphatic rings. The fourth-order valence-corrected chi connectivity index (χ4v) is 7.82. The number of hydrogen-bond acceptors (Lipinski definition) is 6. The summed E-state index contributed by atoms with van der Waals surface area (Å²) in [7, 11) is 0.461. The van der Waals surface area contributed by atoms with Crippen molar-refractivity contribution in [2.24, 2.45) is 16.3 Å². The van der Waals surface area contributed by atoms with Crippen molar-refractivity contribution in [2.45, 2.75) is 99.0 Å². The predicted molar refractivity (Wildman–Crippen MR) is 215 cm³/mol. The topological polar surface area (TPSA) is 85.8 Å². The van der Waals surface area contributed by atoms with Crippen molar-refractivity contribution in [3.8, 4) is 0 Å². The lowest BCUT2D eigenvalue weighted by molar-refractivity contribution is 0.280. The van der Waals surface area contributed by atoms with Gasteiger partial charge in [0.1, 0.15) is 0 Å². The third-order valence-corrected chi connectivity index (χ3v) is 11.3. The lowest BCUT2D eigenvalue weighted by atomic mass is 9.79. The van der Waals surface area contributed by atoms with Crippen LogP contribution < -0.4 is 15.4 Å². The van der Waals surface area contributed by atoms with Crippen molar-refractivity contribution < 1.29 is 8.42 Å². The number of sulfonamides is 1. The van der Waals surface area contributed by atoms with E-state index >= 15 is 0 Å². The van der Waals surface area contributed by atoms with Gasteiger partial charge in [-0.3, -0.25) is 4.99 Å². The second kappa shape index (κ2) is 19.6. The molecule has 0 amide bonds. The molecular formula is C41H62ClN5O2S. The highest BCUT2D eigenvalue weighted by atomic mass is 35.5. The molecule has 0 saturated heterocycles. The first kappa shape index (κ1) is 41.5. The summed E-state index contributed by atoms with van der Waals surface area (Å²) in [6.45, 7) is 19.7. The maximum absolute atomic E-state index is 13.2. The number of halogens is 1. The van der Waals surface area contributed by atoms with Crippen LogP contribution in [0.5, 0.6) is 0 Å². The second-order valence-corrected chi connectivity index (χ2v) is 17.0. The molecule has 0 saturated carbocycles. The van der Waals surface area contributed by atoms with Gasteiger partial charge >= 0.3 is 0 Å². The number of allylic oxidation sites excluding steroid dienone is 13. The molecule has 0 fully saturated rings. The average molecular weight is 724 g/mol. The molecule has 3 N–H and O–H groups in total. The molecule has 2 unspecified atom stereocenters. The average Bonchev–Trinajstić information content (AvgIpc) is 3.34. The molecule has 0 bridgehead atoms. The molecule has 0 radical (unpaired) electrons. The van der Waals surface area contributed by atoms with Gasteiger partial charge in [-0.2, -0.15) is 0 Å². The van der Waals surface area contributed by atoms with E-state index in [1.807, 2.05) is 6.08 Å². The van der Waals surface area contributed by atoms with Crippen LogP contribution in [-0.4, -0.2) is 58.8 Å². The zero-order valence-electron chi connectivity index (χ0n) is 31.8. The quantitative estimate of drug-likeness (QED) is 0.109. The van der Waals surface area contributed by atoms with Crippen molar-refractivity contribution in [1.29, 1.82) is 0 Å². The van der Waals surface area contributed by atoms with Crippen LogP contribution in [-0.2, 0) is 10.0 Å². The van der Waals surface area contributed by atoms with Crippen LogP contribution in [0.2, 0.25) is 0 Å². The van der Waals surface area contributed by atoms with Crippen molar-refractivity contribution in [3.05, 3.63) is 105 Å². The minimum Gasteiger partial charge on any atom is -0.378 e. The Bertz CT molecular complexity index is 1600. The summed E-state index contributed by atoms with van der Waals surface area (Å²) in [4.78, 5) is 7.69. The Morgan fingerprint density at radius 2 is 1.92 bits per heavy atom. The fraction of sp³-hybridized carbons (Fsp3) is 0.537. The molecule has 2 atom stereocenters. The summed E-state index contributed by atoms with van der Waals surface area (Å²) in [5, 5.41) is 7.27. The number of nitrogens with zero attached hydrogens (tertiary/aromatic N) is 2. The van der Waals surface area contributed by atoms with E-state index in [-0.39, 0.29) is 22.3 Å². The number of hydrogen-bond donors (Lipinski definition) is 3. The van der Waals surface area contributed by atoms with E-state index in [1.165, 1.54) is 11.3 Å². The second-order valence-electron chi connectivity index (χ2n) is 14.7. The summed E-state index contributed by atoms with van der Waals surface area (Å²) in [6, 6.07) is 0.172. The summed E-state index contributed by atoms with van der Waals surface area (Å²) < 4.78 is 29.3. The first-order valence-electron chi connectivity index (χ1n) is 18.2. The normalized spacial score (nSPS) is 22.6. The SMILES string of the molecule is C=C(NC1=CCC=C(C)C(C(C)=NC2CC/C=C(N(C)C)\C=C/CC2(C)C)=C1)C1=CC=C(S(=O)(=O)NCC(C)CCCCNCC)C=C(Cl)C1. The molecule has 9 heteroatoms. The third-order valence-electron chi connectivity index (χ3n) is 9.64. The van der Waals surface area contributed by atoms with E-state index in [0.717, 1.165) is 80.6 Å². The zero-order chi connectivity index (χ0) is 36.9. The minimum absolute atomic E-state index is 0.0135. The Balaban J connectivity index is 1.74. The number of nitrogens with one attached hydrogen (secondary N) is 3. The Kier molecular flexibility index (Phi) is 16.3. The number of unbranched alkanes of at least 4 members (excludes halogenated alkanes) is 1. The molecule has 0 aromatic rings. The zero-order valence-corrected chi connectivity index (χ0v) is 33.4. The van der Waals surface area contributed by atoms with Crippen LogP contribution >= 0.6 is 11.6 Å². The molecule has 7 nitrogen and oxygen atoms in total. The maximum Gasteiger partial charge on any atom is 0.240 e. The van der Waals surface area contributed by atoms with Crippen LogP contribution in [0.15, 0.2) is 110 Å². The maximum atomic E-state index is 13.2. The van der Waals surface area contributed by atoms with Crippen LogP contribution in [0.3, 0.4) is 0 Å². The highest BCUT2D eigenvalue weighted by Gasteiger charge is 2.29. The molecule has 0 spiro atoms. The number of rotatable bonds is 16. The van der Waals surface area contributed by atoms with Gasteiger partial charge in [0.25, 0.3) is 0 Å². The Morgan fingerprint density at radius 3 is 2.64 bits per heavy atom. The summed E-state index contributed by atoms with van der Waals surface area (Å²) in [5.41, 5.74) is 6.98. The molecule has 276 valence electrons. The molecule has 0 aromatic heterocycles. The van der Waals surface area contributed by atoms with Crippen LogP contribution in [0.4, 0.5) is 0 Å². The van der Waals surface area contributed by atoms with Crippen molar-refractivity contribution >= 4 is 27.3 Å². The standard InChI is InChI=1S/C41H62ClN5O2S/c1-10-43-25-12-11-16-30(2)29-44-50(48,49)38-23-22-34(26-35(42)27-38)32(4)45-36-18-13-17-31(3)39(28-36)33(5)46-40-21-14-19-37(47(8)9)20-15-24-41(40,6)7/h15,17-20,22-23,27-28,30,40,43-45H,4,10-14,16,21,24-26,29H2,1-3,5-9H3/b20-15-,37-19+,46-33?.